The SMILES string of the molecule is CC1CN2CCCC2CN1Cc1cccnc1C(=O)O. The van der Waals surface area contributed by atoms with E-state index >= 15 is 0 Å². The number of rotatable bonds is 3. The molecule has 2 aliphatic rings. The molecule has 1 aromatic rings. The molecule has 0 aliphatic carbocycles. The quantitative estimate of drug-likeness (QED) is 0.905. The lowest BCUT2D eigenvalue weighted by Gasteiger charge is -2.42. The number of hydrogen-bond acceptors (Lipinski definition) is 4. The third-order valence-electron chi connectivity index (χ3n) is 4.53. The van der Waals surface area contributed by atoms with E-state index in [1.165, 1.54) is 19.4 Å². The van der Waals surface area contributed by atoms with Crippen LogP contribution in [-0.4, -0.2) is 57.6 Å². The van der Waals surface area contributed by atoms with Gasteiger partial charge in [-0.25, -0.2) is 9.78 Å². The Morgan fingerprint density at radius 3 is 3.15 bits per heavy atom. The number of aromatic nitrogens is 1. The van der Waals surface area contributed by atoms with E-state index in [2.05, 4.69) is 21.7 Å². The summed E-state index contributed by atoms with van der Waals surface area (Å²) in [5.41, 5.74) is 1.01. The number of nitrogens with zero attached hydrogens (tertiary/aromatic N) is 3. The van der Waals surface area contributed by atoms with Crippen molar-refractivity contribution < 1.29 is 9.90 Å². The van der Waals surface area contributed by atoms with Crippen LogP contribution in [0.2, 0.25) is 0 Å². The Morgan fingerprint density at radius 2 is 2.35 bits per heavy atom. The summed E-state index contributed by atoms with van der Waals surface area (Å²) >= 11 is 0. The molecule has 1 N–H and O–H groups in total. The average Bonchev–Trinajstić information content (AvgIpc) is 2.86. The van der Waals surface area contributed by atoms with E-state index < -0.39 is 5.97 Å². The molecule has 20 heavy (non-hydrogen) atoms. The van der Waals surface area contributed by atoms with Crippen LogP contribution in [0.4, 0.5) is 0 Å². The van der Waals surface area contributed by atoms with Gasteiger partial charge in [-0.15, -0.1) is 0 Å². The molecule has 3 heterocycles. The zero-order valence-electron chi connectivity index (χ0n) is 11.8. The van der Waals surface area contributed by atoms with Crippen molar-refractivity contribution in [1.82, 2.24) is 14.8 Å². The fraction of sp³-hybridized carbons (Fsp3) is 0.600. The molecule has 5 heteroatoms. The van der Waals surface area contributed by atoms with Crippen LogP contribution in [0, 0.1) is 0 Å². The molecular weight excluding hydrogens is 254 g/mol. The minimum Gasteiger partial charge on any atom is -0.477 e. The lowest BCUT2D eigenvalue weighted by Crippen LogP contribution is -2.54. The molecule has 3 rings (SSSR count). The van der Waals surface area contributed by atoms with E-state index in [0.29, 0.717) is 18.6 Å². The number of hydrogen-bond donors (Lipinski definition) is 1. The van der Waals surface area contributed by atoms with Gasteiger partial charge in [-0.05, 0) is 37.9 Å². The first-order valence-electron chi connectivity index (χ1n) is 7.30. The zero-order chi connectivity index (χ0) is 14.1. The Hall–Kier alpha value is -1.46. The van der Waals surface area contributed by atoms with Crippen molar-refractivity contribution in [3.63, 3.8) is 0 Å². The normalized spacial score (nSPS) is 27.4. The molecule has 0 amide bonds. The summed E-state index contributed by atoms with van der Waals surface area (Å²) in [6.45, 7) is 6.25. The zero-order valence-corrected chi connectivity index (χ0v) is 11.8. The molecule has 1 aromatic heterocycles. The summed E-state index contributed by atoms with van der Waals surface area (Å²) in [5.74, 6) is -0.937. The first kappa shape index (κ1) is 13.5. The molecule has 108 valence electrons. The summed E-state index contributed by atoms with van der Waals surface area (Å²) in [4.78, 5) is 20.2. The van der Waals surface area contributed by atoms with Crippen molar-refractivity contribution in [2.45, 2.75) is 38.4 Å². The van der Waals surface area contributed by atoms with Crippen LogP contribution in [-0.2, 0) is 6.54 Å². The smallest absolute Gasteiger partial charge is 0.354 e. The highest BCUT2D eigenvalue weighted by Gasteiger charge is 2.34. The van der Waals surface area contributed by atoms with E-state index in [1.54, 1.807) is 6.20 Å². The van der Waals surface area contributed by atoms with Crippen molar-refractivity contribution >= 4 is 5.97 Å². The van der Waals surface area contributed by atoms with Gasteiger partial charge in [-0.2, -0.15) is 0 Å². The van der Waals surface area contributed by atoms with E-state index in [9.17, 15) is 9.90 Å². The Morgan fingerprint density at radius 1 is 1.50 bits per heavy atom. The molecule has 0 saturated carbocycles. The van der Waals surface area contributed by atoms with E-state index in [4.69, 9.17) is 0 Å². The highest BCUT2D eigenvalue weighted by Crippen LogP contribution is 2.26. The first-order valence-corrected chi connectivity index (χ1v) is 7.30. The van der Waals surface area contributed by atoms with Crippen LogP contribution in [0.1, 0.15) is 35.8 Å². The van der Waals surface area contributed by atoms with Gasteiger partial charge >= 0.3 is 5.97 Å². The van der Waals surface area contributed by atoms with Gasteiger partial charge in [0.2, 0.25) is 0 Å². The van der Waals surface area contributed by atoms with Crippen LogP contribution in [0.3, 0.4) is 0 Å². The Bertz CT molecular complexity index is 506. The van der Waals surface area contributed by atoms with Crippen molar-refractivity contribution in [1.29, 1.82) is 0 Å². The second kappa shape index (κ2) is 5.50. The topological polar surface area (TPSA) is 56.7 Å². The van der Waals surface area contributed by atoms with Gasteiger partial charge in [0.05, 0.1) is 0 Å². The molecule has 0 spiro atoms. The summed E-state index contributed by atoms with van der Waals surface area (Å²) in [6.07, 6.45) is 4.10. The summed E-state index contributed by atoms with van der Waals surface area (Å²) < 4.78 is 0. The minimum absolute atomic E-state index is 0.188. The van der Waals surface area contributed by atoms with Crippen molar-refractivity contribution in [2.24, 2.45) is 0 Å². The van der Waals surface area contributed by atoms with Crippen LogP contribution in [0.25, 0.3) is 0 Å². The highest BCUT2D eigenvalue weighted by molar-refractivity contribution is 5.86. The van der Waals surface area contributed by atoms with Crippen molar-refractivity contribution in [3.8, 4) is 0 Å². The predicted molar refractivity (Wildman–Crippen MR) is 75.7 cm³/mol. The maximum atomic E-state index is 11.2. The van der Waals surface area contributed by atoms with Gasteiger partial charge in [0.1, 0.15) is 0 Å². The molecular formula is C15H21N3O2. The number of carbonyl (C=O) groups is 1. The second-order valence-electron chi connectivity index (χ2n) is 5.89. The van der Waals surface area contributed by atoms with Crippen LogP contribution >= 0.6 is 0 Å². The lowest BCUT2D eigenvalue weighted by molar-refractivity contribution is 0.0528. The molecule has 0 aromatic carbocycles. The molecule has 2 saturated heterocycles. The van der Waals surface area contributed by atoms with Crippen LogP contribution in [0.5, 0.6) is 0 Å². The van der Waals surface area contributed by atoms with Gasteiger partial charge in [-0.1, -0.05) is 6.07 Å². The Kier molecular flexibility index (Phi) is 3.72. The molecule has 2 fully saturated rings. The Labute approximate surface area is 119 Å². The van der Waals surface area contributed by atoms with Gasteiger partial charge in [0.15, 0.2) is 5.69 Å². The monoisotopic (exact) mass is 275 g/mol. The lowest BCUT2D eigenvalue weighted by atomic mass is 10.1. The fourth-order valence-electron chi connectivity index (χ4n) is 3.45. The summed E-state index contributed by atoms with van der Waals surface area (Å²) in [5, 5.41) is 9.22. The predicted octanol–water partition coefficient (Wildman–Crippen LogP) is 1.45. The van der Waals surface area contributed by atoms with Gasteiger partial charge in [0, 0.05) is 37.9 Å². The molecule has 2 aliphatic heterocycles. The van der Waals surface area contributed by atoms with E-state index in [0.717, 1.165) is 18.7 Å². The standard InChI is InChI=1S/C15H21N3O2/c1-11-8-17-7-3-5-13(17)10-18(11)9-12-4-2-6-16-14(12)15(19)20/h2,4,6,11,13H,3,5,7-10H2,1H3,(H,19,20). The van der Waals surface area contributed by atoms with Crippen LogP contribution in [0.15, 0.2) is 18.3 Å². The maximum absolute atomic E-state index is 11.2. The summed E-state index contributed by atoms with van der Waals surface area (Å²) in [6, 6.07) is 4.81. The molecule has 5 nitrogen and oxygen atoms in total. The largest absolute Gasteiger partial charge is 0.477 e. The third kappa shape index (κ3) is 2.55. The van der Waals surface area contributed by atoms with Gasteiger partial charge < -0.3 is 5.11 Å². The van der Waals surface area contributed by atoms with Gasteiger partial charge in [0.25, 0.3) is 0 Å². The number of piperazine rings is 1. The number of fused-ring (bicyclic) bond motifs is 1. The molecule has 0 radical (unpaired) electrons. The summed E-state index contributed by atoms with van der Waals surface area (Å²) in [7, 11) is 0. The van der Waals surface area contributed by atoms with E-state index in [-0.39, 0.29) is 5.69 Å². The second-order valence-corrected chi connectivity index (χ2v) is 5.89. The minimum atomic E-state index is -0.937. The number of carboxylic acids is 1. The number of pyridine rings is 1. The van der Waals surface area contributed by atoms with Crippen LogP contribution < -0.4 is 0 Å². The maximum Gasteiger partial charge on any atom is 0.354 e. The fourth-order valence-corrected chi connectivity index (χ4v) is 3.45. The molecule has 2 unspecified atom stereocenters. The van der Waals surface area contributed by atoms with E-state index in [1.807, 2.05) is 12.1 Å². The van der Waals surface area contributed by atoms with Crippen molar-refractivity contribution in [3.05, 3.63) is 29.6 Å². The number of aromatic carboxylic acids is 1. The number of carboxylic acid groups (broad SMARTS) is 1. The average molecular weight is 275 g/mol. The third-order valence-corrected chi connectivity index (χ3v) is 4.53. The highest BCUT2D eigenvalue weighted by atomic mass is 16.4. The van der Waals surface area contributed by atoms with Gasteiger partial charge in [-0.3, -0.25) is 9.80 Å². The molecule has 2 atom stereocenters. The van der Waals surface area contributed by atoms with Crippen molar-refractivity contribution in [2.75, 3.05) is 19.6 Å². The molecule has 0 bridgehead atoms. The Balaban J connectivity index is 1.75. The first-order chi connectivity index (χ1) is 9.65.